The third-order valence-corrected chi connectivity index (χ3v) is 1.61. The Labute approximate surface area is 90.8 Å². The molecule has 4 heteroatoms. The molecule has 0 heterocycles. The van der Waals surface area contributed by atoms with Crippen molar-refractivity contribution in [1.29, 1.82) is 0 Å². The number of ether oxygens (including phenoxy) is 1. The Morgan fingerprint density at radius 3 is 2.43 bits per heavy atom. The van der Waals surface area contributed by atoms with E-state index in [1.165, 1.54) is 0 Å². The third-order valence-electron chi connectivity index (χ3n) is 1.61. The Kier molecular flexibility index (Phi) is 5.16. The minimum Gasteiger partial charge on any atom is -0.491 e. The molecule has 14 heavy (non-hydrogen) atoms. The number of nitrogen functional groups attached to an aromatic ring is 2. The second kappa shape index (κ2) is 5.60. The zero-order valence-electron chi connectivity index (χ0n) is 8.49. The molecule has 0 aliphatic carbocycles. The summed E-state index contributed by atoms with van der Waals surface area (Å²) in [5.74, 6) is 1.21. The van der Waals surface area contributed by atoms with Crippen molar-refractivity contribution in [3.05, 3.63) is 18.2 Å². The summed E-state index contributed by atoms with van der Waals surface area (Å²) in [6, 6.07) is 5.29. The lowest BCUT2D eigenvalue weighted by molar-refractivity contribution is 0.272. The van der Waals surface area contributed by atoms with Gasteiger partial charge >= 0.3 is 0 Å². The molecule has 0 aliphatic rings. The normalized spacial score (nSPS) is 9.64. The van der Waals surface area contributed by atoms with Crippen LogP contribution in [0.3, 0.4) is 0 Å². The van der Waals surface area contributed by atoms with Gasteiger partial charge in [-0.1, -0.05) is 13.8 Å². The van der Waals surface area contributed by atoms with Gasteiger partial charge in [0.2, 0.25) is 0 Å². The predicted octanol–water partition coefficient (Wildman–Crippen LogP) is 2.31. The smallest absolute Gasteiger partial charge is 0.142 e. The quantitative estimate of drug-likeness (QED) is 0.763. The molecule has 0 amide bonds. The standard InChI is InChI=1S/C10H16N2O.ClH/c1-7(2)6-13-10-4-3-8(11)5-9(10)12;/h3-5,7H,6,11-12H2,1-2H3;1H. The fourth-order valence-corrected chi connectivity index (χ4v) is 0.955. The molecule has 0 aliphatic heterocycles. The Morgan fingerprint density at radius 1 is 1.29 bits per heavy atom. The fraction of sp³-hybridized carbons (Fsp3) is 0.400. The van der Waals surface area contributed by atoms with E-state index in [0.717, 1.165) is 0 Å². The molecule has 0 saturated heterocycles. The zero-order valence-corrected chi connectivity index (χ0v) is 9.30. The highest BCUT2D eigenvalue weighted by Gasteiger charge is 2.01. The van der Waals surface area contributed by atoms with Gasteiger partial charge in [0.05, 0.1) is 12.3 Å². The molecule has 0 radical (unpaired) electrons. The molecule has 4 N–H and O–H groups in total. The second-order valence-electron chi connectivity index (χ2n) is 3.50. The summed E-state index contributed by atoms with van der Waals surface area (Å²) in [6.45, 7) is 4.86. The number of nitrogens with two attached hydrogens (primary N) is 2. The van der Waals surface area contributed by atoms with Crippen LogP contribution in [0.1, 0.15) is 13.8 Å². The van der Waals surface area contributed by atoms with Crippen molar-refractivity contribution in [1.82, 2.24) is 0 Å². The first-order valence-electron chi connectivity index (χ1n) is 4.37. The van der Waals surface area contributed by atoms with E-state index in [0.29, 0.717) is 29.6 Å². The minimum absolute atomic E-state index is 0. The topological polar surface area (TPSA) is 61.3 Å². The van der Waals surface area contributed by atoms with Gasteiger partial charge in [-0.15, -0.1) is 12.4 Å². The maximum absolute atomic E-state index is 5.70. The van der Waals surface area contributed by atoms with Crippen molar-refractivity contribution >= 4 is 23.8 Å². The first-order chi connectivity index (χ1) is 6.09. The second-order valence-corrected chi connectivity index (χ2v) is 3.50. The molecule has 1 aromatic carbocycles. The highest BCUT2D eigenvalue weighted by atomic mass is 35.5. The Bertz CT molecular complexity index is 289. The molecule has 0 aromatic heterocycles. The SMILES string of the molecule is CC(C)COc1ccc(N)cc1N.Cl. The number of benzene rings is 1. The van der Waals surface area contributed by atoms with E-state index in [4.69, 9.17) is 16.2 Å². The summed E-state index contributed by atoms with van der Waals surface area (Å²) < 4.78 is 5.47. The lowest BCUT2D eigenvalue weighted by Gasteiger charge is -2.10. The van der Waals surface area contributed by atoms with Crippen LogP contribution in [0.5, 0.6) is 5.75 Å². The fourth-order valence-electron chi connectivity index (χ4n) is 0.955. The summed E-state index contributed by atoms with van der Waals surface area (Å²) in [5, 5.41) is 0. The van der Waals surface area contributed by atoms with Crippen LogP contribution < -0.4 is 16.2 Å². The van der Waals surface area contributed by atoms with Crippen LogP contribution in [0.15, 0.2) is 18.2 Å². The van der Waals surface area contributed by atoms with Gasteiger partial charge in [0.1, 0.15) is 5.75 Å². The summed E-state index contributed by atoms with van der Waals surface area (Å²) in [5.41, 5.74) is 12.5. The Morgan fingerprint density at radius 2 is 1.93 bits per heavy atom. The van der Waals surface area contributed by atoms with Crippen LogP contribution in [0.2, 0.25) is 0 Å². The van der Waals surface area contributed by atoms with E-state index in [2.05, 4.69) is 13.8 Å². The van der Waals surface area contributed by atoms with Gasteiger partial charge in [0, 0.05) is 5.69 Å². The third kappa shape index (κ3) is 3.75. The molecule has 3 nitrogen and oxygen atoms in total. The predicted molar refractivity (Wildman–Crippen MR) is 62.8 cm³/mol. The lowest BCUT2D eigenvalue weighted by Crippen LogP contribution is -2.06. The first-order valence-corrected chi connectivity index (χ1v) is 4.37. The van der Waals surface area contributed by atoms with Gasteiger partial charge in [0.15, 0.2) is 0 Å². The first kappa shape index (κ1) is 12.9. The van der Waals surface area contributed by atoms with Gasteiger partial charge in [-0.05, 0) is 24.1 Å². The number of hydrogen-bond donors (Lipinski definition) is 2. The van der Waals surface area contributed by atoms with Crippen molar-refractivity contribution in [3.63, 3.8) is 0 Å². The van der Waals surface area contributed by atoms with Crippen LogP contribution in [0.25, 0.3) is 0 Å². The molecule has 0 spiro atoms. The highest BCUT2D eigenvalue weighted by molar-refractivity contribution is 5.85. The molecule has 1 rings (SSSR count). The summed E-state index contributed by atoms with van der Waals surface area (Å²) in [7, 11) is 0. The van der Waals surface area contributed by atoms with E-state index in [9.17, 15) is 0 Å². The molecule has 0 fully saturated rings. The average molecular weight is 217 g/mol. The van der Waals surface area contributed by atoms with Gasteiger partial charge in [-0.3, -0.25) is 0 Å². The number of hydrogen-bond acceptors (Lipinski definition) is 3. The van der Waals surface area contributed by atoms with Crippen LogP contribution in [-0.2, 0) is 0 Å². The molecule has 80 valence electrons. The Hall–Kier alpha value is -1.09. The molecular weight excluding hydrogens is 200 g/mol. The van der Waals surface area contributed by atoms with Gasteiger partial charge in [-0.2, -0.15) is 0 Å². The molecular formula is C10H17ClN2O. The molecule has 0 atom stereocenters. The number of halogens is 1. The summed E-state index contributed by atoms with van der Waals surface area (Å²) >= 11 is 0. The van der Waals surface area contributed by atoms with E-state index in [1.54, 1.807) is 18.2 Å². The van der Waals surface area contributed by atoms with E-state index in [1.807, 2.05) is 0 Å². The largest absolute Gasteiger partial charge is 0.491 e. The van der Waals surface area contributed by atoms with Crippen molar-refractivity contribution in [2.75, 3.05) is 18.1 Å². The maximum Gasteiger partial charge on any atom is 0.142 e. The van der Waals surface area contributed by atoms with Crippen molar-refractivity contribution in [3.8, 4) is 5.75 Å². The molecule has 0 bridgehead atoms. The van der Waals surface area contributed by atoms with Crippen molar-refractivity contribution in [2.24, 2.45) is 5.92 Å². The average Bonchev–Trinajstić information content (AvgIpc) is 2.02. The van der Waals surface area contributed by atoms with Crippen LogP contribution >= 0.6 is 12.4 Å². The van der Waals surface area contributed by atoms with Gasteiger partial charge in [-0.25, -0.2) is 0 Å². The van der Waals surface area contributed by atoms with Crippen molar-refractivity contribution in [2.45, 2.75) is 13.8 Å². The Balaban J connectivity index is 0.00000169. The highest BCUT2D eigenvalue weighted by Crippen LogP contribution is 2.23. The molecule has 1 aromatic rings. The molecule has 0 saturated carbocycles. The van der Waals surface area contributed by atoms with E-state index < -0.39 is 0 Å². The molecule has 0 unspecified atom stereocenters. The zero-order chi connectivity index (χ0) is 9.84. The minimum atomic E-state index is 0. The van der Waals surface area contributed by atoms with E-state index in [-0.39, 0.29) is 12.4 Å². The van der Waals surface area contributed by atoms with Crippen LogP contribution in [-0.4, -0.2) is 6.61 Å². The maximum atomic E-state index is 5.70. The lowest BCUT2D eigenvalue weighted by atomic mass is 10.2. The van der Waals surface area contributed by atoms with Gasteiger partial charge in [0.25, 0.3) is 0 Å². The van der Waals surface area contributed by atoms with E-state index >= 15 is 0 Å². The summed E-state index contributed by atoms with van der Waals surface area (Å²) in [4.78, 5) is 0. The van der Waals surface area contributed by atoms with Crippen LogP contribution in [0.4, 0.5) is 11.4 Å². The monoisotopic (exact) mass is 216 g/mol. The van der Waals surface area contributed by atoms with Crippen LogP contribution in [0, 0.1) is 5.92 Å². The van der Waals surface area contributed by atoms with Gasteiger partial charge < -0.3 is 16.2 Å². The number of rotatable bonds is 3. The summed E-state index contributed by atoms with van der Waals surface area (Å²) in [6.07, 6.45) is 0. The number of anilines is 2. The van der Waals surface area contributed by atoms with Crippen molar-refractivity contribution < 1.29 is 4.74 Å².